The summed E-state index contributed by atoms with van der Waals surface area (Å²) < 4.78 is 5.16. The quantitative estimate of drug-likeness (QED) is 0.740. The van der Waals surface area contributed by atoms with Crippen molar-refractivity contribution in [1.29, 1.82) is 0 Å². The highest BCUT2D eigenvalue weighted by atomic mass is 35.5. The molecule has 0 aliphatic heterocycles. The molecule has 0 unspecified atom stereocenters. The minimum absolute atomic E-state index is 0.253. The number of rotatable bonds is 6. The third-order valence-corrected chi connectivity index (χ3v) is 2.18. The van der Waals surface area contributed by atoms with Crippen LogP contribution in [0.1, 0.15) is 0 Å². The predicted octanol–water partition coefficient (Wildman–Crippen LogP) is 0.513. The van der Waals surface area contributed by atoms with Gasteiger partial charge in [-0.15, -0.1) is 0 Å². The molecule has 0 saturated heterocycles. The van der Waals surface area contributed by atoms with E-state index in [1.165, 1.54) is 7.05 Å². The lowest BCUT2D eigenvalue weighted by atomic mass is 10.3. The van der Waals surface area contributed by atoms with Gasteiger partial charge in [-0.1, -0.05) is 23.7 Å². The summed E-state index contributed by atoms with van der Waals surface area (Å²) in [6.07, 6.45) is 0. The Labute approximate surface area is 109 Å². The number of carbonyl (C=O) groups is 2. The third kappa shape index (κ3) is 5.03. The van der Waals surface area contributed by atoms with Gasteiger partial charge in [0.15, 0.2) is 13.2 Å². The van der Waals surface area contributed by atoms with Gasteiger partial charge in [0.25, 0.3) is 5.91 Å². The van der Waals surface area contributed by atoms with Gasteiger partial charge < -0.3 is 10.1 Å². The smallest absolute Gasteiger partial charge is 0.281 e. The number of hydrogen-bond donors (Lipinski definition) is 2. The number of halogens is 1. The molecule has 7 heteroatoms. The van der Waals surface area contributed by atoms with Gasteiger partial charge in [-0.3, -0.25) is 14.4 Å². The van der Waals surface area contributed by atoms with Gasteiger partial charge in [0, 0.05) is 7.05 Å². The topological polar surface area (TPSA) is 76.7 Å². The Morgan fingerprint density at radius 2 is 1.94 bits per heavy atom. The highest BCUT2D eigenvalue weighted by Crippen LogP contribution is 2.22. The summed E-state index contributed by atoms with van der Waals surface area (Å²) in [7, 11) is 1.47. The van der Waals surface area contributed by atoms with Crippen LogP contribution in [0.25, 0.3) is 0 Å². The van der Waals surface area contributed by atoms with Crippen LogP contribution in [0.5, 0.6) is 5.75 Å². The third-order valence-electron chi connectivity index (χ3n) is 1.86. The SMILES string of the molecule is CNC(=O)CONC(=O)COc1ccccc1Cl. The monoisotopic (exact) mass is 272 g/mol. The van der Waals surface area contributed by atoms with E-state index in [9.17, 15) is 9.59 Å². The summed E-state index contributed by atoms with van der Waals surface area (Å²) in [6, 6.07) is 6.78. The molecule has 1 aromatic carbocycles. The molecule has 0 radical (unpaired) electrons. The van der Waals surface area contributed by atoms with Gasteiger partial charge in [0.1, 0.15) is 5.75 Å². The van der Waals surface area contributed by atoms with Crippen molar-refractivity contribution >= 4 is 23.4 Å². The Morgan fingerprint density at radius 3 is 2.61 bits per heavy atom. The number of carbonyl (C=O) groups excluding carboxylic acids is 2. The first-order valence-corrected chi connectivity index (χ1v) is 5.50. The first-order valence-electron chi connectivity index (χ1n) is 5.12. The van der Waals surface area contributed by atoms with E-state index < -0.39 is 5.91 Å². The average molecular weight is 273 g/mol. The predicted molar refractivity (Wildman–Crippen MR) is 65.1 cm³/mol. The van der Waals surface area contributed by atoms with Crippen molar-refractivity contribution in [2.75, 3.05) is 20.3 Å². The van der Waals surface area contributed by atoms with Crippen LogP contribution in [0.15, 0.2) is 24.3 Å². The Morgan fingerprint density at radius 1 is 1.22 bits per heavy atom. The van der Waals surface area contributed by atoms with Gasteiger partial charge in [-0.05, 0) is 12.1 Å². The molecular formula is C11H13ClN2O4. The van der Waals surface area contributed by atoms with Crippen molar-refractivity contribution in [2.45, 2.75) is 0 Å². The Kier molecular flexibility index (Phi) is 5.96. The molecule has 2 N–H and O–H groups in total. The second kappa shape index (κ2) is 7.52. The summed E-state index contributed by atoms with van der Waals surface area (Å²) in [5.74, 6) is -0.457. The number of benzene rings is 1. The zero-order valence-electron chi connectivity index (χ0n) is 9.73. The standard InChI is InChI=1S/C11H13ClN2O4/c1-13-10(15)7-18-14-11(16)6-17-9-5-3-2-4-8(9)12/h2-5H,6-7H2,1H3,(H,13,15)(H,14,16). The van der Waals surface area contributed by atoms with Crippen LogP contribution in [0, 0.1) is 0 Å². The Bertz CT molecular complexity index is 425. The zero-order valence-corrected chi connectivity index (χ0v) is 10.5. The molecule has 1 rings (SSSR count). The first kappa shape index (κ1) is 14.3. The van der Waals surface area contributed by atoms with E-state index >= 15 is 0 Å². The lowest BCUT2D eigenvalue weighted by molar-refractivity contribution is -0.140. The van der Waals surface area contributed by atoms with Crippen molar-refractivity contribution in [3.63, 3.8) is 0 Å². The van der Waals surface area contributed by atoms with Crippen LogP contribution in [0.4, 0.5) is 0 Å². The van der Waals surface area contributed by atoms with Gasteiger partial charge in [0.05, 0.1) is 5.02 Å². The number of amides is 2. The van der Waals surface area contributed by atoms with Gasteiger partial charge >= 0.3 is 0 Å². The second-order valence-electron chi connectivity index (χ2n) is 3.21. The minimum Gasteiger partial charge on any atom is -0.482 e. The summed E-state index contributed by atoms with van der Waals surface area (Å²) >= 11 is 5.83. The number of hydroxylamine groups is 1. The maximum absolute atomic E-state index is 11.3. The molecule has 0 aliphatic rings. The number of likely N-dealkylation sites (N-methyl/N-ethyl adjacent to an activating group) is 1. The molecule has 0 aromatic heterocycles. The molecule has 1 aromatic rings. The molecule has 0 aliphatic carbocycles. The van der Waals surface area contributed by atoms with E-state index in [2.05, 4.69) is 15.6 Å². The van der Waals surface area contributed by atoms with Crippen molar-refractivity contribution in [3.8, 4) is 5.75 Å². The fraction of sp³-hybridized carbons (Fsp3) is 0.273. The lowest BCUT2D eigenvalue weighted by Gasteiger charge is -2.08. The van der Waals surface area contributed by atoms with E-state index in [0.29, 0.717) is 10.8 Å². The van der Waals surface area contributed by atoms with Crippen molar-refractivity contribution in [3.05, 3.63) is 29.3 Å². The molecule has 0 saturated carbocycles. The van der Waals surface area contributed by atoms with Gasteiger partial charge in [-0.2, -0.15) is 0 Å². The number of nitrogens with one attached hydrogen (secondary N) is 2. The van der Waals surface area contributed by atoms with Crippen molar-refractivity contribution in [2.24, 2.45) is 0 Å². The van der Waals surface area contributed by atoms with Crippen LogP contribution < -0.4 is 15.5 Å². The molecule has 0 bridgehead atoms. The fourth-order valence-corrected chi connectivity index (χ4v) is 1.18. The first-order chi connectivity index (χ1) is 8.63. The van der Waals surface area contributed by atoms with Crippen LogP contribution >= 0.6 is 11.6 Å². The van der Waals surface area contributed by atoms with Gasteiger partial charge in [0.2, 0.25) is 5.91 Å². The normalized spacial score (nSPS) is 9.67. The lowest BCUT2D eigenvalue weighted by Crippen LogP contribution is -2.33. The maximum atomic E-state index is 11.3. The van der Waals surface area contributed by atoms with Crippen molar-refractivity contribution < 1.29 is 19.2 Å². The highest BCUT2D eigenvalue weighted by molar-refractivity contribution is 6.32. The summed E-state index contributed by atoms with van der Waals surface area (Å²) in [5.41, 5.74) is 2.07. The van der Waals surface area contributed by atoms with E-state index in [-0.39, 0.29) is 19.1 Å². The van der Waals surface area contributed by atoms with E-state index in [0.717, 1.165) is 0 Å². The Balaban J connectivity index is 2.25. The number of para-hydroxylation sites is 1. The van der Waals surface area contributed by atoms with Crippen LogP contribution in [0.3, 0.4) is 0 Å². The van der Waals surface area contributed by atoms with E-state index in [4.69, 9.17) is 16.3 Å². The Hall–Kier alpha value is -1.79. The molecule has 0 atom stereocenters. The number of ether oxygens (including phenoxy) is 1. The molecule has 18 heavy (non-hydrogen) atoms. The highest BCUT2D eigenvalue weighted by Gasteiger charge is 2.06. The summed E-state index contributed by atoms with van der Waals surface area (Å²) in [4.78, 5) is 26.7. The van der Waals surface area contributed by atoms with Gasteiger partial charge in [-0.25, -0.2) is 5.48 Å². The molecule has 98 valence electrons. The molecular weight excluding hydrogens is 260 g/mol. The average Bonchev–Trinajstić information content (AvgIpc) is 2.37. The van der Waals surface area contributed by atoms with E-state index in [1.54, 1.807) is 24.3 Å². The molecule has 2 amide bonds. The van der Waals surface area contributed by atoms with Crippen LogP contribution in [0.2, 0.25) is 5.02 Å². The maximum Gasteiger partial charge on any atom is 0.281 e. The molecule has 0 heterocycles. The largest absolute Gasteiger partial charge is 0.482 e. The number of hydrogen-bond acceptors (Lipinski definition) is 4. The zero-order chi connectivity index (χ0) is 13.4. The second-order valence-corrected chi connectivity index (χ2v) is 3.61. The fourth-order valence-electron chi connectivity index (χ4n) is 0.989. The summed E-state index contributed by atoms with van der Waals surface area (Å²) in [5, 5.41) is 2.75. The molecule has 6 nitrogen and oxygen atoms in total. The minimum atomic E-state index is -0.515. The molecule has 0 fully saturated rings. The summed E-state index contributed by atoms with van der Waals surface area (Å²) in [6.45, 7) is -0.508. The molecule has 0 spiro atoms. The van der Waals surface area contributed by atoms with Crippen molar-refractivity contribution in [1.82, 2.24) is 10.8 Å². The van der Waals surface area contributed by atoms with Crippen LogP contribution in [-0.4, -0.2) is 32.1 Å². The van der Waals surface area contributed by atoms with E-state index in [1.807, 2.05) is 0 Å². The van der Waals surface area contributed by atoms with Crippen LogP contribution in [-0.2, 0) is 14.4 Å².